The minimum absolute atomic E-state index is 0.171. The van der Waals surface area contributed by atoms with Crippen molar-refractivity contribution in [1.29, 1.82) is 0 Å². The third kappa shape index (κ3) is 1.95. The Morgan fingerprint density at radius 3 is 2.62 bits per heavy atom. The van der Waals surface area contributed by atoms with Gasteiger partial charge in [-0.25, -0.2) is 0 Å². The van der Waals surface area contributed by atoms with Crippen molar-refractivity contribution in [2.24, 2.45) is 5.92 Å². The van der Waals surface area contributed by atoms with Gasteiger partial charge in [-0.1, -0.05) is 50.6 Å². The monoisotopic (exact) mass is 214 g/mol. The summed E-state index contributed by atoms with van der Waals surface area (Å²) in [6.07, 6.45) is 2.86. The van der Waals surface area contributed by atoms with Gasteiger partial charge in [0.05, 0.1) is 0 Å². The third-order valence-electron chi connectivity index (χ3n) is 3.21. The van der Waals surface area contributed by atoms with Crippen LogP contribution >= 0.6 is 0 Å². The molecule has 1 aromatic carbocycles. The summed E-state index contributed by atoms with van der Waals surface area (Å²) in [4.78, 5) is 11.9. The number of carbonyl (C=O) groups is 1. The molecule has 0 fully saturated rings. The molecular formula is C15H18O. The van der Waals surface area contributed by atoms with E-state index in [1.54, 1.807) is 0 Å². The Morgan fingerprint density at radius 1 is 1.25 bits per heavy atom. The van der Waals surface area contributed by atoms with Crippen LogP contribution in [0, 0.1) is 5.92 Å². The van der Waals surface area contributed by atoms with Gasteiger partial charge in [0.25, 0.3) is 0 Å². The molecule has 0 bridgehead atoms. The maximum absolute atomic E-state index is 11.9. The van der Waals surface area contributed by atoms with E-state index in [9.17, 15) is 4.79 Å². The Hall–Kier alpha value is -1.37. The lowest BCUT2D eigenvalue weighted by atomic mass is 9.79. The molecule has 0 aliphatic heterocycles. The van der Waals surface area contributed by atoms with Crippen molar-refractivity contribution >= 4 is 5.78 Å². The molecule has 1 aliphatic rings. The summed E-state index contributed by atoms with van der Waals surface area (Å²) in [5, 5.41) is 0. The standard InChI is InChI=1S/C15H18O/c1-10(2)8-12-9-15(16)14-7-5-4-6-13(14)11(12)3/h4-7,9-11H,8H2,1-3H3. The number of carbonyl (C=O) groups excluding carboxylic acids is 1. The second-order valence-corrected chi connectivity index (χ2v) is 4.99. The van der Waals surface area contributed by atoms with Gasteiger partial charge in [-0.2, -0.15) is 0 Å². The molecule has 0 saturated heterocycles. The average Bonchev–Trinajstić information content (AvgIpc) is 2.25. The fourth-order valence-electron chi connectivity index (χ4n) is 2.38. The number of fused-ring (bicyclic) bond motifs is 1. The van der Waals surface area contributed by atoms with Crippen LogP contribution in [0.4, 0.5) is 0 Å². The Bertz CT molecular complexity index is 441. The van der Waals surface area contributed by atoms with E-state index in [4.69, 9.17) is 0 Å². The van der Waals surface area contributed by atoms with Gasteiger partial charge in [-0.05, 0) is 24.0 Å². The minimum atomic E-state index is 0.171. The number of ketones is 1. The van der Waals surface area contributed by atoms with Gasteiger partial charge in [0, 0.05) is 11.5 Å². The quantitative estimate of drug-likeness (QED) is 0.728. The van der Waals surface area contributed by atoms with Crippen LogP contribution in [0.1, 0.15) is 49.0 Å². The van der Waals surface area contributed by atoms with Crippen LogP contribution in [0.2, 0.25) is 0 Å². The lowest BCUT2D eigenvalue weighted by Gasteiger charge is -2.24. The summed E-state index contributed by atoms with van der Waals surface area (Å²) < 4.78 is 0. The summed E-state index contributed by atoms with van der Waals surface area (Å²) in [7, 11) is 0. The Kier molecular flexibility index (Phi) is 2.95. The molecule has 0 heterocycles. The fraction of sp³-hybridized carbons (Fsp3) is 0.400. The highest BCUT2D eigenvalue weighted by Crippen LogP contribution is 2.34. The van der Waals surface area contributed by atoms with Gasteiger partial charge in [0.2, 0.25) is 0 Å². The van der Waals surface area contributed by atoms with Gasteiger partial charge in [-0.15, -0.1) is 0 Å². The minimum Gasteiger partial charge on any atom is -0.289 e. The Balaban J connectivity index is 2.39. The highest BCUT2D eigenvalue weighted by molar-refractivity contribution is 6.07. The van der Waals surface area contributed by atoms with Crippen molar-refractivity contribution in [1.82, 2.24) is 0 Å². The second kappa shape index (κ2) is 4.25. The van der Waals surface area contributed by atoms with E-state index in [1.807, 2.05) is 24.3 Å². The van der Waals surface area contributed by atoms with E-state index in [0.717, 1.165) is 12.0 Å². The number of benzene rings is 1. The lowest BCUT2D eigenvalue weighted by Crippen LogP contribution is -2.14. The largest absolute Gasteiger partial charge is 0.289 e. The first kappa shape index (κ1) is 11.1. The second-order valence-electron chi connectivity index (χ2n) is 4.99. The molecule has 0 amide bonds. The summed E-state index contributed by atoms with van der Waals surface area (Å²) in [6.45, 7) is 6.58. The van der Waals surface area contributed by atoms with Crippen molar-refractivity contribution in [3.8, 4) is 0 Å². The first-order chi connectivity index (χ1) is 7.59. The number of allylic oxidation sites excluding steroid dienone is 2. The summed E-state index contributed by atoms with van der Waals surface area (Å²) in [5.41, 5.74) is 3.34. The average molecular weight is 214 g/mol. The van der Waals surface area contributed by atoms with E-state index >= 15 is 0 Å². The molecule has 0 saturated carbocycles. The SMILES string of the molecule is CC(C)CC1=CC(=O)c2ccccc2C1C. The maximum atomic E-state index is 11.9. The first-order valence-corrected chi connectivity index (χ1v) is 5.93. The van der Waals surface area contributed by atoms with Crippen molar-refractivity contribution in [2.75, 3.05) is 0 Å². The molecule has 84 valence electrons. The number of hydrogen-bond acceptors (Lipinski definition) is 1. The fourth-order valence-corrected chi connectivity index (χ4v) is 2.38. The zero-order valence-electron chi connectivity index (χ0n) is 10.2. The molecule has 1 aliphatic carbocycles. The molecule has 0 aromatic heterocycles. The van der Waals surface area contributed by atoms with Crippen LogP contribution in [-0.2, 0) is 0 Å². The summed E-state index contributed by atoms with van der Waals surface area (Å²) in [6, 6.07) is 7.95. The molecular weight excluding hydrogens is 196 g/mol. The van der Waals surface area contributed by atoms with E-state index in [-0.39, 0.29) is 5.78 Å². The molecule has 0 radical (unpaired) electrons. The smallest absolute Gasteiger partial charge is 0.186 e. The zero-order valence-corrected chi connectivity index (χ0v) is 10.2. The van der Waals surface area contributed by atoms with E-state index in [1.165, 1.54) is 11.1 Å². The highest BCUT2D eigenvalue weighted by atomic mass is 16.1. The highest BCUT2D eigenvalue weighted by Gasteiger charge is 2.23. The predicted molar refractivity (Wildman–Crippen MR) is 66.7 cm³/mol. The molecule has 16 heavy (non-hydrogen) atoms. The molecule has 1 atom stereocenters. The van der Waals surface area contributed by atoms with Gasteiger partial charge in [0.1, 0.15) is 0 Å². The Labute approximate surface area is 97.2 Å². The molecule has 1 nitrogen and oxygen atoms in total. The van der Waals surface area contributed by atoms with Crippen molar-refractivity contribution < 1.29 is 4.79 Å². The normalized spacial score (nSPS) is 19.6. The third-order valence-corrected chi connectivity index (χ3v) is 3.21. The topological polar surface area (TPSA) is 17.1 Å². The van der Waals surface area contributed by atoms with Crippen LogP contribution in [0.5, 0.6) is 0 Å². The Morgan fingerprint density at radius 2 is 1.94 bits per heavy atom. The van der Waals surface area contributed by atoms with E-state index in [2.05, 4.69) is 26.8 Å². The molecule has 0 N–H and O–H groups in total. The number of hydrogen-bond donors (Lipinski definition) is 0. The lowest BCUT2D eigenvalue weighted by molar-refractivity contribution is 0.104. The van der Waals surface area contributed by atoms with Crippen molar-refractivity contribution in [3.63, 3.8) is 0 Å². The van der Waals surface area contributed by atoms with Crippen LogP contribution in [-0.4, -0.2) is 5.78 Å². The predicted octanol–water partition coefficient (Wildman–Crippen LogP) is 3.96. The van der Waals surface area contributed by atoms with Gasteiger partial charge in [-0.3, -0.25) is 4.79 Å². The summed E-state index contributed by atoms with van der Waals surface area (Å²) >= 11 is 0. The van der Waals surface area contributed by atoms with Gasteiger partial charge < -0.3 is 0 Å². The van der Waals surface area contributed by atoms with Crippen molar-refractivity contribution in [3.05, 3.63) is 47.0 Å². The van der Waals surface area contributed by atoms with Crippen LogP contribution in [0.15, 0.2) is 35.9 Å². The van der Waals surface area contributed by atoms with Crippen LogP contribution in [0.25, 0.3) is 0 Å². The number of rotatable bonds is 2. The molecule has 1 unspecified atom stereocenters. The maximum Gasteiger partial charge on any atom is 0.186 e. The van der Waals surface area contributed by atoms with Crippen molar-refractivity contribution in [2.45, 2.75) is 33.1 Å². The zero-order chi connectivity index (χ0) is 11.7. The van der Waals surface area contributed by atoms with E-state index < -0.39 is 0 Å². The van der Waals surface area contributed by atoms with E-state index in [0.29, 0.717) is 11.8 Å². The van der Waals surface area contributed by atoms with Gasteiger partial charge >= 0.3 is 0 Å². The van der Waals surface area contributed by atoms with Gasteiger partial charge in [0.15, 0.2) is 5.78 Å². The summed E-state index contributed by atoms with van der Waals surface area (Å²) in [5.74, 6) is 1.16. The van der Waals surface area contributed by atoms with Crippen LogP contribution < -0.4 is 0 Å². The van der Waals surface area contributed by atoms with Crippen LogP contribution in [0.3, 0.4) is 0 Å². The molecule has 0 spiro atoms. The first-order valence-electron chi connectivity index (χ1n) is 5.93. The molecule has 1 aromatic rings. The molecule has 2 rings (SSSR count). The molecule has 1 heteroatoms.